The fraction of sp³-hybridized carbons (Fsp3) is 0.174. The van der Waals surface area contributed by atoms with Crippen molar-refractivity contribution in [2.45, 2.75) is 20.3 Å². The standard InChI is InChI=1S/C23H21FN8/c1-12-16(24)3-4-20(28-12)22-15(11-27-32-22)18-5-6-19-21(30-18)9-14(10-26-19)23-29-13(2)17(31-23)7-8-25/h3-6,9-11H,7-8,25H2,1-2H3,(H,27,32)(H,29,31). The molecule has 5 heterocycles. The molecule has 0 aliphatic carbocycles. The first-order valence-corrected chi connectivity index (χ1v) is 10.2. The highest BCUT2D eigenvalue weighted by molar-refractivity contribution is 5.84. The Kier molecular flexibility index (Phi) is 4.95. The normalized spacial score (nSPS) is 11.4. The molecule has 4 N–H and O–H groups in total. The molecule has 0 aliphatic heterocycles. The number of nitrogens with one attached hydrogen (secondary N) is 2. The largest absolute Gasteiger partial charge is 0.342 e. The van der Waals surface area contributed by atoms with E-state index in [-0.39, 0.29) is 5.82 Å². The summed E-state index contributed by atoms with van der Waals surface area (Å²) in [5.41, 5.74) is 13.1. The van der Waals surface area contributed by atoms with Crippen LogP contribution < -0.4 is 5.73 Å². The van der Waals surface area contributed by atoms with Gasteiger partial charge in [0.05, 0.1) is 45.7 Å². The lowest BCUT2D eigenvalue weighted by Gasteiger charge is -2.06. The molecule has 0 amide bonds. The van der Waals surface area contributed by atoms with Gasteiger partial charge in [0.1, 0.15) is 11.6 Å². The molecule has 0 fully saturated rings. The van der Waals surface area contributed by atoms with Crippen molar-refractivity contribution in [1.29, 1.82) is 0 Å². The van der Waals surface area contributed by atoms with Crippen LogP contribution in [-0.4, -0.2) is 41.7 Å². The van der Waals surface area contributed by atoms with Gasteiger partial charge in [0.15, 0.2) is 0 Å². The van der Waals surface area contributed by atoms with E-state index in [4.69, 9.17) is 10.7 Å². The minimum absolute atomic E-state index is 0.325. The average molecular weight is 428 g/mol. The first kappa shape index (κ1) is 20.0. The number of nitrogens with two attached hydrogens (primary N) is 1. The molecule has 9 heteroatoms. The summed E-state index contributed by atoms with van der Waals surface area (Å²) in [7, 11) is 0. The maximum atomic E-state index is 13.7. The number of halogens is 1. The number of pyridine rings is 3. The van der Waals surface area contributed by atoms with E-state index in [0.717, 1.165) is 39.4 Å². The number of hydrogen-bond acceptors (Lipinski definition) is 6. The lowest BCUT2D eigenvalue weighted by Crippen LogP contribution is -2.03. The number of aromatic nitrogens is 7. The van der Waals surface area contributed by atoms with Gasteiger partial charge >= 0.3 is 0 Å². The summed E-state index contributed by atoms with van der Waals surface area (Å²) in [6.07, 6.45) is 4.19. The van der Waals surface area contributed by atoms with Gasteiger partial charge in [-0.3, -0.25) is 10.1 Å². The zero-order valence-electron chi connectivity index (χ0n) is 17.6. The number of hydrogen-bond donors (Lipinski definition) is 3. The molecular weight excluding hydrogens is 407 g/mol. The molecule has 5 aromatic heterocycles. The predicted molar refractivity (Wildman–Crippen MR) is 120 cm³/mol. The highest BCUT2D eigenvalue weighted by atomic mass is 19.1. The van der Waals surface area contributed by atoms with E-state index in [1.165, 1.54) is 6.07 Å². The molecule has 5 rings (SSSR count). The Labute approximate surface area is 183 Å². The van der Waals surface area contributed by atoms with E-state index in [1.54, 1.807) is 25.4 Å². The second-order valence-corrected chi connectivity index (χ2v) is 7.58. The van der Waals surface area contributed by atoms with Gasteiger partial charge in [0.25, 0.3) is 0 Å². The fourth-order valence-electron chi connectivity index (χ4n) is 3.66. The third-order valence-corrected chi connectivity index (χ3v) is 5.37. The molecule has 0 spiro atoms. The summed E-state index contributed by atoms with van der Waals surface area (Å²) in [5, 5.41) is 7.12. The van der Waals surface area contributed by atoms with Crippen LogP contribution in [-0.2, 0) is 6.42 Å². The van der Waals surface area contributed by atoms with Crippen molar-refractivity contribution in [3.05, 3.63) is 65.6 Å². The van der Waals surface area contributed by atoms with Crippen LogP contribution in [0.2, 0.25) is 0 Å². The van der Waals surface area contributed by atoms with Crippen molar-refractivity contribution in [3.63, 3.8) is 0 Å². The lowest BCUT2D eigenvalue weighted by molar-refractivity contribution is 0.610. The molecule has 0 bridgehead atoms. The maximum Gasteiger partial charge on any atom is 0.144 e. The van der Waals surface area contributed by atoms with Crippen molar-refractivity contribution in [2.75, 3.05) is 6.54 Å². The Morgan fingerprint density at radius 2 is 1.81 bits per heavy atom. The molecule has 0 atom stereocenters. The zero-order valence-corrected chi connectivity index (χ0v) is 17.6. The quantitative estimate of drug-likeness (QED) is 0.392. The third-order valence-electron chi connectivity index (χ3n) is 5.37. The van der Waals surface area contributed by atoms with Crippen molar-refractivity contribution >= 4 is 11.0 Å². The molecule has 5 aromatic rings. The molecule has 0 radical (unpaired) electrons. The Balaban J connectivity index is 1.56. The number of rotatable bonds is 5. The summed E-state index contributed by atoms with van der Waals surface area (Å²) < 4.78 is 13.7. The predicted octanol–water partition coefficient (Wildman–Crippen LogP) is 3.73. The Hall–Kier alpha value is -3.98. The van der Waals surface area contributed by atoms with Gasteiger partial charge < -0.3 is 10.7 Å². The monoisotopic (exact) mass is 428 g/mol. The number of fused-ring (bicyclic) bond motifs is 1. The minimum atomic E-state index is -0.347. The Morgan fingerprint density at radius 1 is 0.969 bits per heavy atom. The number of nitrogens with zero attached hydrogens (tertiary/aromatic N) is 5. The number of aryl methyl sites for hydroxylation is 2. The van der Waals surface area contributed by atoms with E-state index in [1.807, 2.05) is 25.1 Å². The summed E-state index contributed by atoms with van der Waals surface area (Å²) in [5.74, 6) is 0.391. The van der Waals surface area contributed by atoms with Gasteiger partial charge in [-0.2, -0.15) is 5.10 Å². The zero-order chi connectivity index (χ0) is 22.2. The molecule has 0 saturated carbocycles. The Morgan fingerprint density at radius 3 is 2.62 bits per heavy atom. The fourth-order valence-corrected chi connectivity index (χ4v) is 3.66. The summed E-state index contributed by atoms with van der Waals surface area (Å²) in [4.78, 5) is 21.7. The van der Waals surface area contributed by atoms with Crippen LogP contribution in [0.25, 0.3) is 45.1 Å². The van der Waals surface area contributed by atoms with Gasteiger partial charge in [-0.05, 0) is 50.7 Å². The van der Waals surface area contributed by atoms with Crippen LogP contribution in [0.4, 0.5) is 4.39 Å². The van der Waals surface area contributed by atoms with Crippen LogP contribution in [0.15, 0.2) is 42.7 Å². The second kappa shape index (κ2) is 7.93. The van der Waals surface area contributed by atoms with E-state index < -0.39 is 0 Å². The van der Waals surface area contributed by atoms with Crippen molar-refractivity contribution in [3.8, 4) is 34.0 Å². The summed E-state index contributed by atoms with van der Waals surface area (Å²) in [6, 6.07) is 8.77. The topological polar surface area (TPSA) is 122 Å². The van der Waals surface area contributed by atoms with E-state index in [2.05, 4.69) is 30.1 Å². The van der Waals surface area contributed by atoms with Gasteiger partial charge in [0, 0.05) is 29.4 Å². The number of H-pyrrole nitrogens is 2. The smallest absolute Gasteiger partial charge is 0.144 e. The molecule has 0 aromatic carbocycles. The average Bonchev–Trinajstić information content (AvgIpc) is 3.42. The van der Waals surface area contributed by atoms with E-state index in [0.29, 0.717) is 35.7 Å². The first-order valence-electron chi connectivity index (χ1n) is 10.2. The van der Waals surface area contributed by atoms with Gasteiger partial charge in [-0.1, -0.05) is 0 Å². The molecule has 160 valence electrons. The minimum Gasteiger partial charge on any atom is -0.342 e. The summed E-state index contributed by atoms with van der Waals surface area (Å²) >= 11 is 0. The molecule has 0 saturated heterocycles. The van der Waals surface area contributed by atoms with Crippen molar-refractivity contribution in [2.24, 2.45) is 5.73 Å². The summed E-state index contributed by atoms with van der Waals surface area (Å²) in [6.45, 7) is 4.16. The first-order chi connectivity index (χ1) is 15.5. The van der Waals surface area contributed by atoms with Crippen molar-refractivity contribution in [1.82, 2.24) is 35.1 Å². The molecular formula is C23H21FN8. The van der Waals surface area contributed by atoms with E-state index in [9.17, 15) is 4.39 Å². The molecule has 32 heavy (non-hydrogen) atoms. The van der Waals surface area contributed by atoms with Crippen LogP contribution >= 0.6 is 0 Å². The van der Waals surface area contributed by atoms with Gasteiger partial charge in [0.2, 0.25) is 0 Å². The van der Waals surface area contributed by atoms with Gasteiger partial charge in [-0.25, -0.2) is 19.3 Å². The Bertz CT molecular complexity index is 1440. The molecule has 0 unspecified atom stereocenters. The van der Waals surface area contributed by atoms with Crippen molar-refractivity contribution < 1.29 is 4.39 Å². The number of aromatic amines is 2. The second-order valence-electron chi connectivity index (χ2n) is 7.58. The lowest BCUT2D eigenvalue weighted by atomic mass is 10.1. The van der Waals surface area contributed by atoms with Crippen LogP contribution in [0, 0.1) is 19.7 Å². The van der Waals surface area contributed by atoms with Crippen LogP contribution in [0.1, 0.15) is 17.1 Å². The van der Waals surface area contributed by atoms with Crippen LogP contribution in [0.3, 0.4) is 0 Å². The maximum absolute atomic E-state index is 13.7. The third kappa shape index (κ3) is 3.52. The molecule has 8 nitrogen and oxygen atoms in total. The molecule has 0 aliphatic rings. The highest BCUT2D eigenvalue weighted by Gasteiger charge is 2.15. The highest BCUT2D eigenvalue weighted by Crippen LogP contribution is 2.30. The SMILES string of the molecule is Cc1nc(-c2[nH]ncc2-c2ccc3ncc(-c4nc(CCN)c(C)[nH]4)cc3n2)ccc1F. The van der Waals surface area contributed by atoms with Gasteiger partial charge in [-0.15, -0.1) is 0 Å². The number of imidazole rings is 1. The van der Waals surface area contributed by atoms with Crippen LogP contribution in [0.5, 0.6) is 0 Å². The van der Waals surface area contributed by atoms with E-state index >= 15 is 0 Å².